The van der Waals surface area contributed by atoms with Crippen LogP contribution in [0.2, 0.25) is 10.0 Å². The molecule has 19 heavy (non-hydrogen) atoms. The van der Waals surface area contributed by atoms with E-state index in [0.29, 0.717) is 32.9 Å². The highest BCUT2D eigenvalue weighted by atomic mass is 35.5. The van der Waals surface area contributed by atoms with Crippen LogP contribution in [0.25, 0.3) is 11.3 Å². The third-order valence-corrected chi connectivity index (χ3v) is 3.66. The first-order valence-electron chi connectivity index (χ1n) is 5.86. The second-order valence-corrected chi connectivity index (χ2v) is 4.83. The summed E-state index contributed by atoms with van der Waals surface area (Å²) in [6.07, 6.45) is 1.62. The summed E-state index contributed by atoms with van der Waals surface area (Å²) in [5.74, 6) is 0.957. The zero-order valence-corrected chi connectivity index (χ0v) is 12.2. The summed E-state index contributed by atoms with van der Waals surface area (Å²) in [5.41, 5.74) is 8.06. The average Bonchev–Trinajstić information content (AvgIpc) is 2.38. The normalized spacial score (nSPS) is 10.5. The van der Waals surface area contributed by atoms with E-state index in [2.05, 4.69) is 15.3 Å². The smallest absolute Gasteiger partial charge is 0.152 e. The van der Waals surface area contributed by atoms with Gasteiger partial charge in [0, 0.05) is 12.1 Å². The SMILES string of the molecule is CCNc1cnc(-c2ccc(C)c(Cl)c2Cl)c(N)n1. The third-order valence-electron chi connectivity index (χ3n) is 2.69. The molecular weight excluding hydrogens is 283 g/mol. The summed E-state index contributed by atoms with van der Waals surface area (Å²) in [6.45, 7) is 4.62. The number of hydrogen-bond acceptors (Lipinski definition) is 4. The van der Waals surface area contributed by atoms with Crippen LogP contribution in [-0.4, -0.2) is 16.5 Å². The lowest BCUT2D eigenvalue weighted by Gasteiger charge is -2.10. The van der Waals surface area contributed by atoms with Crippen molar-refractivity contribution in [1.82, 2.24) is 9.97 Å². The van der Waals surface area contributed by atoms with E-state index in [0.717, 1.165) is 12.1 Å². The van der Waals surface area contributed by atoms with Crippen LogP contribution in [0.3, 0.4) is 0 Å². The van der Waals surface area contributed by atoms with Gasteiger partial charge in [-0.05, 0) is 19.4 Å². The first kappa shape index (κ1) is 13.9. The maximum Gasteiger partial charge on any atom is 0.152 e. The molecule has 0 atom stereocenters. The quantitative estimate of drug-likeness (QED) is 0.905. The number of nitrogens with one attached hydrogen (secondary N) is 1. The predicted octanol–water partition coefficient (Wildman–Crippen LogP) is 3.77. The standard InChI is InChI=1S/C13H14Cl2N4/c1-3-17-9-6-18-12(13(16)19-9)8-5-4-7(2)10(14)11(8)15/h4-6H,3H2,1-2H3,(H3,16,17,19). The summed E-state index contributed by atoms with van der Waals surface area (Å²) < 4.78 is 0. The predicted molar refractivity (Wildman–Crippen MR) is 80.8 cm³/mol. The van der Waals surface area contributed by atoms with Crippen molar-refractivity contribution < 1.29 is 0 Å². The number of rotatable bonds is 3. The molecule has 0 fully saturated rings. The number of nitrogens with zero attached hydrogens (tertiary/aromatic N) is 2. The summed E-state index contributed by atoms with van der Waals surface area (Å²) in [7, 11) is 0. The topological polar surface area (TPSA) is 63.8 Å². The Bertz CT molecular complexity index is 614. The second-order valence-electron chi connectivity index (χ2n) is 4.08. The van der Waals surface area contributed by atoms with E-state index in [1.807, 2.05) is 26.0 Å². The van der Waals surface area contributed by atoms with Crippen LogP contribution in [-0.2, 0) is 0 Å². The van der Waals surface area contributed by atoms with Crippen LogP contribution in [0.15, 0.2) is 18.3 Å². The van der Waals surface area contributed by atoms with Gasteiger partial charge in [0.25, 0.3) is 0 Å². The van der Waals surface area contributed by atoms with Gasteiger partial charge in [0.2, 0.25) is 0 Å². The van der Waals surface area contributed by atoms with Crippen molar-refractivity contribution in [3.8, 4) is 11.3 Å². The van der Waals surface area contributed by atoms with Gasteiger partial charge in [-0.1, -0.05) is 35.3 Å². The fourth-order valence-electron chi connectivity index (χ4n) is 1.71. The number of anilines is 2. The number of benzene rings is 1. The molecule has 0 aliphatic rings. The lowest BCUT2D eigenvalue weighted by Crippen LogP contribution is -2.04. The summed E-state index contributed by atoms with van der Waals surface area (Å²) in [5, 5.41) is 4.00. The van der Waals surface area contributed by atoms with Crippen LogP contribution < -0.4 is 11.1 Å². The molecule has 1 aromatic heterocycles. The molecule has 100 valence electrons. The second kappa shape index (κ2) is 5.63. The summed E-state index contributed by atoms with van der Waals surface area (Å²) >= 11 is 12.4. The number of nitrogens with two attached hydrogens (primary N) is 1. The molecule has 0 saturated heterocycles. The van der Waals surface area contributed by atoms with Crippen molar-refractivity contribution in [2.75, 3.05) is 17.6 Å². The van der Waals surface area contributed by atoms with Crippen LogP contribution in [0.4, 0.5) is 11.6 Å². The molecule has 6 heteroatoms. The maximum absolute atomic E-state index is 6.24. The Hall–Kier alpha value is -1.52. The van der Waals surface area contributed by atoms with E-state index in [1.165, 1.54) is 0 Å². The summed E-state index contributed by atoms with van der Waals surface area (Å²) in [4.78, 5) is 8.54. The molecule has 0 saturated carbocycles. The van der Waals surface area contributed by atoms with Crippen molar-refractivity contribution in [1.29, 1.82) is 0 Å². The van der Waals surface area contributed by atoms with Gasteiger partial charge in [-0.3, -0.25) is 0 Å². The van der Waals surface area contributed by atoms with Crippen molar-refractivity contribution in [3.63, 3.8) is 0 Å². The van der Waals surface area contributed by atoms with Gasteiger partial charge in [-0.15, -0.1) is 0 Å². The summed E-state index contributed by atoms with van der Waals surface area (Å²) in [6, 6.07) is 3.72. The molecule has 0 bridgehead atoms. The van der Waals surface area contributed by atoms with E-state index < -0.39 is 0 Å². The number of aryl methyl sites for hydroxylation is 1. The fraction of sp³-hybridized carbons (Fsp3) is 0.231. The Labute approximate surface area is 122 Å². The molecule has 2 aromatic rings. The van der Waals surface area contributed by atoms with Gasteiger partial charge in [-0.25, -0.2) is 9.97 Å². The van der Waals surface area contributed by atoms with Gasteiger partial charge < -0.3 is 11.1 Å². The minimum atomic E-state index is 0.320. The van der Waals surface area contributed by atoms with Gasteiger partial charge in [0.15, 0.2) is 5.82 Å². The molecule has 0 radical (unpaired) electrons. The molecule has 0 aliphatic heterocycles. The lowest BCUT2D eigenvalue weighted by atomic mass is 10.1. The van der Waals surface area contributed by atoms with Crippen LogP contribution in [0.5, 0.6) is 0 Å². The molecule has 0 unspecified atom stereocenters. The average molecular weight is 297 g/mol. The Kier molecular flexibility index (Phi) is 4.12. The molecular formula is C13H14Cl2N4. The highest BCUT2D eigenvalue weighted by Crippen LogP contribution is 2.36. The number of hydrogen-bond donors (Lipinski definition) is 2. The molecule has 2 rings (SSSR count). The monoisotopic (exact) mass is 296 g/mol. The van der Waals surface area contributed by atoms with Gasteiger partial charge >= 0.3 is 0 Å². The largest absolute Gasteiger partial charge is 0.382 e. The van der Waals surface area contributed by atoms with E-state index >= 15 is 0 Å². The molecule has 0 spiro atoms. The van der Waals surface area contributed by atoms with E-state index in [-0.39, 0.29) is 0 Å². The van der Waals surface area contributed by atoms with E-state index in [9.17, 15) is 0 Å². The van der Waals surface area contributed by atoms with Gasteiger partial charge in [0.1, 0.15) is 11.5 Å². The Morgan fingerprint density at radius 3 is 2.63 bits per heavy atom. The number of nitrogen functional groups attached to an aromatic ring is 1. The van der Waals surface area contributed by atoms with E-state index in [4.69, 9.17) is 28.9 Å². The highest BCUT2D eigenvalue weighted by Gasteiger charge is 2.14. The Morgan fingerprint density at radius 1 is 1.26 bits per heavy atom. The van der Waals surface area contributed by atoms with Crippen LogP contribution in [0, 0.1) is 6.92 Å². The van der Waals surface area contributed by atoms with Crippen molar-refractivity contribution in [2.45, 2.75) is 13.8 Å². The molecule has 4 nitrogen and oxygen atoms in total. The lowest BCUT2D eigenvalue weighted by molar-refractivity contribution is 1.13. The Morgan fingerprint density at radius 2 is 2.00 bits per heavy atom. The molecule has 0 amide bonds. The maximum atomic E-state index is 6.24. The minimum absolute atomic E-state index is 0.320. The highest BCUT2D eigenvalue weighted by molar-refractivity contribution is 6.44. The molecule has 3 N–H and O–H groups in total. The van der Waals surface area contributed by atoms with Crippen LogP contribution >= 0.6 is 23.2 Å². The van der Waals surface area contributed by atoms with Crippen molar-refractivity contribution in [2.24, 2.45) is 0 Å². The van der Waals surface area contributed by atoms with Crippen LogP contribution in [0.1, 0.15) is 12.5 Å². The zero-order valence-electron chi connectivity index (χ0n) is 10.7. The van der Waals surface area contributed by atoms with E-state index in [1.54, 1.807) is 6.20 Å². The van der Waals surface area contributed by atoms with Crippen molar-refractivity contribution in [3.05, 3.63) is 33.9 Å². The first-order chi connectivity index (χ1) is 9.04. The van der Waals surface area contributed by atoms with Gasteiger partial charge in [-0.2, -0.15) is 0 Å². The first-order valence-corrected chi connectivity index (χ1v) is 6.61. The number of aromatic nitrogens is 2. The number of halogens is 2. The van der Waals surface area contributed by atoms with Gasteiger partial charge in [0.05, 0.1) is 16.2 Å². The molecule has 1 aromatic carbocycles. The minimum Gasteiger partial charge on any atom is -0.382 e. The fourth-order valence-corrected chi connectivity index (χ4v) is 2.17. The molecule has 1 heterocycles. The molecule has 0 aliphatic carbocycles. The Balaban J connectivity index is 2.51. The zero-order chi connectivity index (χ0) is 14.0. The van der Waals surface area contributed by atoms with Crippen molar-refractivity contribution >= 4 is 34.8 Å². The third kappa shape index (κ3) is 2.74.